The molecule has 0 aliphatic carbocycles. The molecular formula is C19H32N2O3. The van der Waals surface area contributed by atoms with Gasteiger partial charge in [-0.05, 0) is 25.0 Å². The van der Waals surface area contributed by atoms with E-state index in [1.54, 1.807) is 0 Å². The summed E-state index contributed by atoms with van der Waals surface area (Å²) in [5, 5.41) is 20.6. The number of hydrogen-bond donors (Lipinski definition) is 2. The van der Waals surface area contributed by atoms with E-state index in [1.807, 2.05) is 44.2 Å². The Morgan fingerprint density at radius 3 is 2.21 bits per heavy atom. The average Bonchev–Trinajstić information content (AvgIpc) is 2.62. The molecule has 1 fully saturated rings. The number of para-hydroxylation sites is 1. The van der Waals surface area contributed by atoms with Gasteiger partial charge in [-0.3, -0.25) is 9.80 Å². The van der Waals surface area contributed by atoms with Crippen LogP contribution in [0.2, 0.25) is 0 Å². The predicted octanol–water partition coefficient (Wildman–Crippen LogP) is 1.59. The molecule has 0 radical (unpaired) electrons. The van der Waals surface area contributed by atoms with Gasteiger partial charge in [0.25, 0.3) is 0 Å². The second-order valence-corrected chi connectivity index (χ2v) is 6.79. The van der Waals surface area contributed by atoms with Gasteiger partial charge in [-0.1, -0.05) is 32.0 Å². The third-order valence-corrected chi connectivity index (χ3v) is 4.95. The van der Waals surface area contributed by atoms with Crippen LogP contribution in [0.1, 0.15) is 26.7 Å². The van der Waals surface area contributed by atoms with Crippen LogP contribution in [0.5, 0.6) is 5.75 Å². The molecule has 0 spiro atoms. The summed E-state index contributed by atoms with van der Waals surface area (Å²) in [5.74, 6) is 0.791. The van der Waals surface area contributed by atoms with Crippen LogP contribution < -0.4 is 4.74 Å². The van der Waals surface area contributed by atoms with E-state index in [2.05, 4.69) is 9.80 Å². The summed E-state index contributed by atoms with van der Waals surface area (Å²) in [4.78, 5) is 4.60. The molecule has 0 unspecified atom stereocenters. The zero-order chi connectivity index (χ0) is 17.4. The van der Waals surface area contributed by atoms with Gasteiger partial charge in [-0.15, -0.1) is 0 Å². The highest BCUT2D eigenvalue weighted by molar-refractivity contribution is 5.20. The third-order valence-electron chi connectivity index (χ3n) is 4.95. The van der Waals surface area contributed by atoms with Gasteiger partial charge in [0.1, 0.15) is 18.5 Å². The smallest absolute Gasteiger partial charge is 0.119 e. The van der Waals surface area contributed by atoms with Crippen LogP contribution in [-0.4, -0.2) is 77.6 Å². The summed E-state index contributed by atoms with van der Waals surface area (Å²) in [6.07, 6.45) is 1.10. The van der Waals surface area contributed by atoms with Crippen molar-refractivity contribution in [2.75, 3.05) is 45.9 Å². The fraction of sp³-hybridized carbons (Fsp3) is 0.684. The quantitative estimate of drug-likeness (QED) is 0.717. The number of β-amino-alcohol motifs (C(OH)–C–C–N with tert-alkyl or cyclic N) is 2. The Hall–Kier alpha value is -1.14. The van der Waals surface area contributed by atoms with Crippen molar-refractivity contribution in [2.24, 2.45) is 0 Å². The molecule has 1 aromatic carbocycles. The number of aliphatic hydroxyl groups is 2. The first-order valence-electron chi connectivity index (χ1n) is 9.07. The third kappa shape index (κ3) is 6.06. The molecule has 0 bridgehead atoms. The molecule has 5 heteroatoms. The second-order valence-electron chi connectivity index (χ2n) is 6.79. The Balaban J connectivity index is 1.67. The van der Waals surface area contributed by atoms with E-state index in [9.17, 15) is 10.2 Å². The van der Waals surface area contributed by atoms with Crippen molar-refractivity contribution >= 4 is 0 Å². The SMILES string of the molecule is CCC(O)(CC)CN1CCN(C[C@@H](O)COc2ccccc2)CC1. The highest BCUT2D eigenvalue weighted by atomic mass is 16.5. The Bertz CT molecular complexity index is 457. The summed E-state index contributed by atoms with van der Waals surface area (Å²) in [5.41, 5.74) is -0.564. The zero-order valence-corrected chi connectivity index (χ0v) is 15.0. The molecule has 1 atom stereocenters. The Morgan fingerprint density at radius 1 is 1.04 bits per heavy atom. The van der Waals surface area contributed by atoms with E-state index >= 15 is 0 Å². The summed E-state index contributed by atoms with van der Waals surface area (Å²) in [6, 6.07) is 9.59. The predicted molar refractivity (Wildman–Crippen MR) is 96.4 cm³/mol. The maximum Gasteiger partial charge on any atom is 0.119 e. The molecule has 24 heavy (non-hydrogen) atoms. The minimum absolute atomic E-state index is 0.315. The monoisotopic (exact) mass is 336 g/mol. The van der Waals surface area contributed by atoms with Crippen LogP contribution in [0.25, 0.3) is 0 Å². The standard InChI is InChI=1S/C19H32N2O3/c1-3-19(23,4-2)16-21-12-10-20(11-13-21)14-17(22)15-24-18-8-6-5-7-9-18/h5-9,17,22-23H,3-4,10-16H2,1-2H3/t17-/m1/s1. The van der Waals surface area contributed by atoms with Crippen LogP contribution >= 0.6 is 0 Å². The molecule has 1 heterocycles. The lowest BCUT2D eigenvalue weighted by Gasteiger charge is -2.39. The number of benzene rings is 1. The Morgan fingerprint density at radius 2 is 1.62 bits per heavy atom. The van der Waals surface area contributed by atoms with Crippen molar-refractivity contribution < 1.29 is 14.9 Å². The van der Waals surface area contributed by atoms with Gasteiger partial charge in [-0.2, -0.15) is 0 Å². The fourth-order valence-electron chi connectivity index (χ4n) is 3.08. The van der Waals surface area contributed by atoms with E-state index in [0.717, 1.165) is 51.3 Å². The zero-order valence-electron chi connectivity index (χ0n) is 15.0. The van der Waals surface area contributed by atoms with E-state index in [-0.39, 0.29) is 0 Å². The van der Waals surface area contributed by atoms with Crippen LogP contribution in [0.4, 0.5) is 0 Å². The summed E-state index contributed by atoms with van der Waals surface area (Å²) >= 11 is 0. The normalized spacial score (nSPS) is 18.5. The number of piperazine rings is 1. The lowest BCUT2D eigenvalue weighted by atomic mass is 9.96. The number of rotatable bonds is 9. The molecule has 2 rings (SSSR count). The highest BCUT2D eigenvalue weighted by Gasteiger charge is 2.28. The maximum absolute atomic E-state index is 10.5. The highest BCUT2D eigenvalue weighted by Crippen LogP contribution is 2.17. The Kier molecular flexibility index (Phi) is 7.49. The molecule has 5 nitrogen and oxygen atoms in total. The largest absolute Gasteiger partial charge is 0.491 e. The van der Waals surface area contributed by atoms with Crippen LogP contribution in [0, 0.1) is 0 Å². The number of nitrogens with zero attached hydrogens (tertiary/aromatic N) is 2. The fourth-order valence-corrected chi connectivity index (χ4v) is 3.08. The average molecular weight is 336 g/mol. The molecule has 0 amide bonds. The first-order valence-corrected chi connectivity index (χ1v) is 9.07. The maximum atomic E-state index is 10.5. The molecule has 2 N–H and O–H groups in total. The summed E-state index contributed by atoms with van der Waals surface area (Å²) in [6.45, 7) is 9.50. The van der Waals surface area contributed by atoms with E-state index in [4.69, 9.17) is 4.74 Å². The van der Waals surface area contributed by atoms with Gasteiger partial charge in [0.05, 0.1) is 5.60 Å². The molecule has 1 aliphatic rings. The van der Waals surface area contributed by atoms with Gasteiger partial charge in [-0.25, -0.2) is 0 Å². The molecule has 136 valence electrons. The van der Waals surface area contributed by atoms with Gasteiger partial charge < -0.3 is 14.9 Å². The second kappa shape index (κ2) is 9.37. The van der Waals surface area contributed by atoms with Crippen LogP contribution in [0.3, 0.4) is 0 Å². The number of ether oxygens (including phenoxy) is 1. The number of aliphatic hydroxyl groups excluding tert-OH is 1. The van der Waals surface area contributed by atoms with Crippen molar-refractivity contribution in [2.45, 2.75) is 38.4 Å². The minimum atomic E-state index is -0.564. The Labute approximate surface area is 145 Å². The molecule has 0 aromatic heterocycles. The molecule has 1 aromatic rings. The number of hydrogen-bond acceptors (Lipinski definition) is 5. The van der Waals surface area contributed by atoms with Gasteiger partial charge in [0.2, 0.25) is 0 Å². The van der Waals surface area contributed by atoms with Crippen molar-refractivity contribution in [3.05, 3.63) is 30.3 Å². The van der Waals surface area contributed by atoms with Crippen molar-refractivity contribution in [1.82, 2.24) is 9.80 Å². The van der Waals surface area contributed by atoms with Gasteiger partial charge in [0.15, 0.2) is 0 Å². The van der Waals surface area contributed by atoms with Crippen molar-refractivity contribution in [3.63, 3.8) is 0 Å². The van der Waals surface area contributed by atoms with Crippen molar-refractivity contribution in [3.8, 4) is 5.75 Å². The van der Waals surface area contributed by atoms with E-state index in [0.29, 0.717) is 13.2 Å². The first-order chi connectivity index (χ1) is 11.5. The van der Waals surface area contributed by atoms with Crippen molar-refractivity contribution in [1.29, 1.82) is 0 Å². The van der Waals surface area contributed by atoms with Crippen LogP contribution in [0.15, 0.2) is 30.3 Å². The topological polar surface area (TPSA) is 56.2 Å². The first kappa shape index (κ1) is 19.2. The van der Waals surface area contributed by atoms with E-state index in [1.165, 1.54) is 0 Å². The molecule has 1 aliphatic heterocycles. The molecule has 1 saturated heterocycles. The van der Waals surface area contributed by atoms with Gasteiger partial charge >= 0.3 is 0 Å². The lowest BCUT2D eigenvalue weighted by molar-refractivity contribution is -0.0208. The van der Waals surface area contributed by atoms with E-state index < -0.39 is 11.7 Å². The minimum Gasteiger partial charge on any atom is -0.491 e. The van der Waals surface area contributed by atoms with Gasteiger partial charge in [0, 0.05) is 39.3 Å². The molecular weight excluding hydrogens is 304 g/mol. The van der Waals surface area contributed by atoms with Crippen LogP contribution in [-0.2, 0) is 0 Å². The summed E-state index contributed by atoms with van der Waals surface area (Å²) in [7, 11) is 0. The lowest BCUT2D eigenvalue weighted by Crippen LogP contribution is -2.53. The molecule has 0 saturated carbocycles. The summed E-state index contributed by atoms with van der Waals surface area (Å²) < 4.78 is 5.61.